The number of nitrogens with two attached hydrogens (primary N) is 1. The second kappa shape index (κ2) is 8.54. The summed E-state index contributed by atoms with van der Waals surface area (Å²) in [5.41, 5.74) is 4.87. The first-order valence-electron chi connectivity index (χ1n) is 7.71. The normalized spacial score (nSPS) is 18.8. The summed E-state index contributed by atoms with van der Waals surface area (Å²) in [6.07, 6.45) is 8.15. The van der Waals surface area contributed by atoms with Crippen LogP contribution in [0.2, 0.25) is 0 Å². The molecule has 1 fully saturated rings. The first-order chi connectivity index (χ1) is 9.08. The Hall–Kier alpha value is -0.610. The number of likely N-dealkylation sites (N-methyl/N-ethyl adjacent to an activating group) is 1. The molecule has 0 heterocycles. The second-order valence-corrected chi connectivity index (χ2v) is 5.88. The Balaban J connectivity index is 2.00. The molecule has 0 aromatic rings. The predicted octanol–water partition coefficient (Wildman–Crippen LogP) is 2.22. The van der Waals surface area contributed by atoms with Crippen LogP contribution in [0.25, 0.3) is 0 Å². The summed E-state index contributed by atoms with van der Waals surface area (Å²) < 4.78 is 5.64. The van der Waals surface area contributed by atoms with Gasteiger partial charge in [-0.1, -0.05) is 26.2 Å². The van der Waals surface area contributed by atoms with Crippen LogP contribution in [0.4, 0.5) is 0 Å². The molecule has 0 radical (unpaired) electrons. The van der Waals surface area contributed by atoms with E-state index in [0.29, 0.717) is 0 Å². The number of primary amides is 1. The molecule has 1 saturated carbocycles. The Morgan fingerprint density at radius 1 is 1.37 bits per heavy atom. The van der Waals surface area contributed by atoms with Crippen LogP contribution < -0.4 is 11.1 Å². The maximum absolute atomic E-state index is 11.4. The van der Waals surface area contributed by atoms with Crippen molar-refractivity contribution in [2.24, 2.45) is 11.7 Å². The van der Waals surface area contributed by atoms with Gasteiger partial charge >= 0.3 is 0 Å². The number of hydrogen-bond donors (Lipinski definition) is 2. The molecule has 1 rings (SSSR count). The predicted molar refractivity (Wildman–Crippen MR) is 77.9 cm³/mol. The van der Waals surface area contributed by atoms with Crippen molar-refractivity contribution in [2.75, 3.05) is 19.8 Å². The summed E-state index contributed by atoms with van der Waals surface area (Å²) in [4.78, 5) is 11.4. The van der Waals surface area contributed by atoms with Crippen molar-refractivity contribution in [1.82, 2.24) is 5.32 Å². The molecule has 19 heavy (non-hydrogen) atoms. The van der Waals surface area contributed by atoms with E-state index < -0.39 is 5.54 Å². The van der Waals surface area contributed by atoms with E-state index in [1.165, 1.54) is 25.7 Å². The zero-order valence-corrected chi connectivity index (χ0v) is 12.5. The number of ether oxygens (including phenoxy) is 1. The number of unbranched alkanes of at least 4 members (excludes halogenated alkanes) is 1. The largest absolute Gasteiger partial charge is 0.381 e. The lowest BCUT2D eigenvalue weighted by Gasteiger charge is -2.27. The van der Waals surface area contributed by atoms with E-state index in [1.54, 1.807) is 0 Å². The summed E-state index contributed by atoms with van der Waals surface area (Å²) >= 11 is 0. The van der Waals surface area contributed by atoms with Crippen molar-refractivity contribution >= 4 is 5.91 Å². The van der Waals surface area contributed by atoms with Crippen molar-refractivity contribution < 1.29 is 9.53 Å². The fourth-order valence-corrected chi connectivity index (χ4v) is 2.51. The first-order valence-corrected chi connectivity index (χ1v) is 7.71. The molecule has 0 saturated heterocycles. The van der Waals surface area contributed by atoms with Gasteiger partial charge < -0.3 is 15.8 Å². The van der Waals surface area contributed by atoms with Crippen molar-refractivity contribution in [3.63, 3.8) is 0 Å². The molecule has 0 spiro atoms. The van der Waals surface area contributed by atoms with Crippen molar-refractivity contribution in [3.05, 3.63) is 0 Å². The number of carbonyl (C=O) groups excluding carboxylic acids is 1. The minimum atomic E-state index is -0.569. The van der Waals surface area contributed by atoms with E-state index in [2.05, 4.69) is 5.32 Å². The number of rotatable bonds is 11. The van der Waals surface area contributed by atoms with Gasteiger partial charge in [-0.25, -0.2) is 0 Å². The molecule has 1 atom stereocenters. The molecule has 3 N–H and O–H groups in total. The maximum Gasteiger partial charge on any atom is 0.237 e. The lowest BCUT2D eigenvalue weighted by Crippen LogP contribution is -2.52. The molecule has 4 heteroatoms. The minimum Gasteiger partial charge on any atom is -0.381 e. The first kappa shape index (κ1) is 16.4. The average molecular weight is 270 g/mol. The summed E-state index contributed by atoms with van der Waals surface area (Å²) in [7, 11) is 0. The van der Waals surface area contributed by atoms with E-state index in [-0.39, 0.29) is 5.91 Å². The van der Waals surface area contributed by atoms with Gasteiger partial charge in [-0.15, -0.1) is 0 Å². The number of carbonyl (C=O) groups is 1. The topological polar surface area (TPSA) is 64.3 Å². The Bertz CT molecular complexity index is 267. The Morgan fingerprint density at radius 2 is 2.11 bits per heavy atom. The van der Waals surface area contributed by atoms with Crippen molar-refractivity contribution in [3.8, 4) is 0 Å². The molecule has 1 unspecified atom stereocenters. The highest BCUT2D eigenvalue weighted by Crippen LogP contribution is 2.29. The number of nitrogens with one attached hydrogen (secondary N) is 1. The third kappa shape index (κ3) is 5.91. The zero-order chi connectivity index (χ0) is 14.1. The van der Waals surface area contributed by atoms with Crippen LogP contribution in [-0.4, -0.2) is 31.2 Å². The standard InChI is InChI=1S/C15H30N2O2/c1-3-17-15(2,14(16)18)10-4-5-11-19-12-9-13-7-6-8-13/h13,17H,3-12H2,1-2H3,(H2,16,18). The van der Waals surface area contributed by atoms with E-state index in [1.807, 2.05) is 13.8 Å². The van der Waals surface area contributed by atoms with Crippen molar-refractivity contribution in [2.45, 2.75) is 64.3 Å². The average Bonchev–Trinajstić information content (AvgIpc) is 2.30. The lowest BCUT2D eigenvalue weighted by atomic mass is 9.83. The molecular weight excluding hydrogens is 240 g/mol. The van der Waals surface area contributed by atoms with Gasteiger partial charge in [0.15, 0.2) is 0 Å². The summed E-state index contributed by atoms with van der Waals surface area (Å²) in [6.45, 7) is 6.33. The highest BCUT2D eigenvalue weighted by molar-refractivity contribution is 5.84. The van der Waals surface area contributed by atoms with Gasteiger partial charge in [0.25, 0.3) is 0 Å². The van der Waals surface area contributed by atoms with Gasteiger partial charge in [-0.2, -0.15) is 0 Å². The van der Waals surface area contributed by atoms with Crippen molar-refractivity contribution in [1.29, 1.82) is 0 Å². The molecular formula is C15H30N2O2. The highest BCUT2D eigenvalue weighted by Gasteiger charge is 2.28. The minimum absolute atomic E-state index is 0.264. The fraction of sp³-hybridized carbons (Fsp3) is 0.933. The SMILES string of the molecule is CCNC(C)(CCCCOCCC1CCC1)C(N)=O. The Kier molecular flexibility index (Phi) is 7.39. The molecule has 0 aromatic heterocycles. The third-order valence-corrected chi connectivity index (χ3v) is 4.22. The van der Waals surface area contributed by atoms with Gasteiger partial charge in [0.05, 0.1) is 5.54 Å². The molecule has 0 aromatic carbocycles. The van der Waals surface area contributed by atoms with Crippen LogP contribution in [0.15, 0.2) is 0 Å². The van der Waals surface area contributed by atoms with Crippen LogP contribution in [0, 0.1) is 5.92 Å². The second-order valence-electron chi connectivity index (χ2n) is 5.88. The van der Waals surface area contributed by atoms with Crippen LogP contribution in [0.1, 0.15) is 58.8 Å². The van der Waals surface area contributed by atoms with E-state index in [4.69, 9.17) is 10.5 Å². The van der Waals surface area contributed by atoms with Crippen LogP contribution in [-0.2, 0) is 9.53 Å². The Morgan fingerprint density at radius 3 is 2.63 bits per heavy atom. The molecule has 0 bridgehead atoms. The summed E-state index contributed by atoms with van der Waals surface area (Å²) in [5, 5.41) is 3.18. The molecule has 112 valence electrons. The van der Waals surface area contributed by atoms with Crippen LogP contribution >= 0.6 is 0 Å². The van der Waals surface area contributed by atoms with E-state index >= 15 is 0 Å². The molecule has 1 amide bonds. The van der Waals surface area contributed by atoms with Gasteiger partial charge in [0, 0.05) is 13.2 Å². The van der Waals surface area contributed by atoms with Gasteiger partial charge in [-0.3, -0.25) is 4.79 Å². The fourth-order valence-electron chi connectivity index (χ4n) is 2.51. The zero-order valence-electron chi connectivity index (χ0n) is 12.5. The monoisotopic (exact) mass is 270 g/mol. The van der Waals surface area contributed by atoms with Gasteiger partial charge in [-0.05, 0) is 45.1 Å². The molecule has 4 nitrogen and oxygen atoms in total. The maximum atomic E-state index is 11.4. The Labute approximate surface area is 117 Å². The van der Waals surface area contributed by atoms with Crippen LogP contribution in [0.3, 0.4) is 0 Å². The smallest absolute Gasteiger partial charge is 0.237 e. The lowest BCUT2D eigenvalue weighted by molar-refractivity contribution is -0.124. The number of amides is 1. The molecule has 1 aliphatic carbocycles. The van der Waals surface area contributed by atoms with Gasteiger partial charge in [0.1, 0.15) is 0 Å². The number of hydrogen-bond acceptors (Lipinski definition) is 3. The van der Waals surface area contributed by atoms with E-state index in [9.17, 15) is 4.79 Å². The molecule has 0 aliphatic heterocycles. The van der Waals surface area contributed by atoms with Crippen LogP contribution in [0.5, 0.6) is 0 Å². The highest BCUT2D eigenvalue weighted by atomic mass is 16.5. The van der Waals surface area contributed by atoms with Gasteiger partial charge in [0.2, 0.25) is 5.91 Å². The molecule has 1 aliphatic rings. The summed E-state index contributed by atoms with van der Waals surface area (Å²) in [6, 6.07) is 0. The third-order valence-electron chi connectivity index (χ3n) is 4.22. The summed E-state index contributed by atoms with van der Waals surface area (Å²) in [5.74, 6) is 0.659. The quantitative estimate of drug-likeness (QED) is 0.566. The van der Waals surface area contributed by atoms with E-state index in [0.717, 1.165) is 44.9 Å².